The van der Waals surface area contributed by atoms with E-state index in [1.165, 1.54) is 25.2 Å². The second-order valence-corrected chi connectivity index (χ2v) is 9.03. The van der Waals surface area contributed by atoms with E-state index in [1.807, 2.05) is 31.2 Å². The normalized spacial score (nSPS) is 16.8. The van der Waals surface area contributed by atoms with E-state index in [2.05, 4.69) is 0 Å². The Morgan fingerprint density at radius 3 is 2.41 bits per heavy atom. The quantitative estimate of drug-likeness (QED) is 0.233. The second kappa shape index (κ2) is 11.5. The predicted molar refractivity (Wildman–Crippen MR) is 141 cm³/mol. The highest BCUT2D eigenvalue weighted by Crippen LogP contribution is 2.40. The molecule has 0 aliphatic carbocycles. The average molecular weight is 522 g/mol. The lowest BCUT2D eigenvalue weighted by Crippen LogP contribution is -2.32. The van der Waals surface area contributed by atoms with Crippen LogP contribution in [0.2, 0.25) is 5.02 Å². The van der Waals surface area contributed by atoms with Crippen molar-refractivity contribution in [2.45, 2.75) is 19.6 Å². The molecule has 1 amide bonds. The van der Waals surface area contributed by atoms with E-state index < -0.39 is 17.7 Å². The monoisotopic (exact) mass is 521 g/mol. The van der Waals surface area contributed by atoms with Crippen molar-refractivity contribution in [1.29, 1.82) is 0 Å². The van der Waals surface area contributed by atoms with Crippen molar-refractivity contribution in [1.82, 2.24) is 4.90 Å². The summed E-state index contributed by atoms with van der Waals surface area (Å²) in [6, 6.07) is 19.0. The van der Waals surface area contributed by atoms with Gasteiger partial charge >= 0.3 is 0 Å². The number of nitrogens with zero attached hydrogens (tertiary/aromatic N) is 1. The van der Waals surface area contributed by atoms with Crippen molar-refractivity contribution in [2.24, 2.45) is 0 Å². The lowest BCUT2D eigenvalue weighted by molar-refractivity contribution is -0.140. The number of aryl methyl sites for hydroxylation is 1. The van der Waals surface area contributed by atoms with E-state index in [1.54, 1.807) is 36.4 Å². The maximum atomic E-state index is 13.1. The number of ketones is 1. The average Bonchev–Trinajstić information content (AvgIpc) is 3.16. The molecule has 1 fully saturated rings. The molecule has 0 radical (unpaired) electrons. The van der Waals surface area contributed by atoms with E-state index in [0.29, 0.717) is 29.2 Å². The molecule has 1 saturated heterocycles. The van der Waals surface area contributed by atoms with Crippen LogP contribution >= 0.6 is 11.6 Å². The van der Waals surface area contributed by atoms with Gasteiger partial charge in [0.25, 0.3) is 11.7 Å². The number of ether oxygens (including phenoxy) is 3. The Morgan fingerprint density at radius 1 is 1.03 bits per heavy atom. The molecule has 37 heavy (non-hydrogen) atoms. The molecule has 8 heteroatoms. The number of aliphatic hydroxyl groups is 1. The number of hydrogen-bond acceptors (Lipinski definition) is 6. The van der Waals surface area contributed by atoms with Gasteiger partial charge in [-0.1, -0.05) is 48.0 Å². The molecule has 4 rings (SSSR count). The fourth-order valence-electron chi connectivity index (χ4n) is 4.30. The first-order valence-electron chi connectivity index (χ1n) is 11.7. The summed E-state index contributed by atoms with van der Waals surface area (Å²) in [5.41, 5.74) is 3.16. The van der Waals surface area contributed by atoms with Crippen molar-refractivity contribution in [3.05, 3.63) is 99.6 Å². The molecule has 0 aromatic heterocycles. The standard InChI is InChI=1S/C29H28ClNO6/c1-18-6-4-5-7-21(18)17-37-22-11-8-19(9-12-22)26-25(28(33)29(34)31(26)14-15-35-2)27(32)20-10-13-24(36-3)23(30)16-20/h4-13,16,26,32H,14-15,17H2,1-3H3/b27-25-. The van der Waals surface area contributed by atoms with Crippen LogP contribution < -0.4 is 9.47 Å². The Bertz CT molecular complexity index is 1330. The zero-order valence-corrected chi connectivity index (χ0v) is 21.6. The predicted octanol–water partition coefficient (Wildman–Crippen LogP) is 5.30. The fraction of sp³-hybridized carbons (Fsp3) is 0.241. The number of likely N-dealkylation sites (tertiary alicyclic amines) is 1. The van der Waals surface area contributed by atoms with Crippen molar-refractivity contribution in [3.8, 4) is 11.5 Å². The van der Waals surface area contributed by atoms with Crippen LogP contribution in [0.4, 0.5) is 0 Å². The van der Waals surface area contributed by atoms with Gasteiger partial charge in [0.2, 0.25) is 0 Å². The number of rotatable bonds is 9. The lowest BCUT2D eigenvalue weighted by atomic mass is 9.95. The Morgan fingerprint density at radius 2 is 1.76 bits per heavy atom. The summed E-state index contributed by atoms with van der Waals surface area (Å²) in [5.74, 6) is -0.722. The number of Topliss-reactive ketones (excluding diaryl/α,β-unsaturated/α-hetero) is 1. The molecule has 1 N–H and O–H groups in total. The van der Waals surface area contributed by atoms with Gasteiger partial charge in [0.05, 0.1) is 30.4 Å². The minimum Gasteiger partial charge on any atom is -0.507 e. The van der Waals surface area contributed by atoms with Gasteiger partial charge in [0.1, 0.15) is 23.9 Å². The van der Waals surface area contributed by atoms with Crippen molar-refractivity contribution in [2.75, 3.05) is 27.4 Å². The molecule has 1 aliphatic heterocycles. The van der Waals surface area contributed by atoms with E-state index >= 15 is 0 Å². The van der Waals surface area contributed by atoms with Crippen molar-refractivity contribution < 1.29 is 28.9 Å². The molecular formula is C29H28ClNO6. The van der Waals surface area contributed by atoms with Gasteiger partial charge in [-0.15, -0.1) is 0 Å². The molecule has 1 unspecified atom stereocenters. The van der Waals surface area contributed by atoms with Crippen LogP contribution in [-0.2, 0) is 20.9 Å². The summed E-state index contributed by atoms with van der Waals surface area (Å²) in [5, 5.41) is 11.5. The molecular weight excluding hydrogens is 494 g/mol. The molecule has 0 spiro atoms. The van der Waals surface area contributed by atoms with Gasteiger partial charge in [-0.3, -0.25) is 9.59 Å². The minimum atomic E-state index is -0.804. The summed E-state index contributed by atoms with van der Waals surface area (Å²) in [6.07, 6.45) is 0. The lowest BCUT2D eigenvalue weighted by Gasteiger charge is -2.25. The highest BCUT2D eigenvalue weighted by atomic mass is 35.5. The van der Waals surface area contributed by atoms with Crippen LogP contribution in [0.25, 0.3) is 5.76 Å². The van der Waals surface area contributed by atoms with Gasteiger partial charge in [-0.05, 0) is 53.9 Å². The van der Waals surface area contributed by atoms with Crippen molar-refractivity contribution in [3.63, 3.8) is 0 Å². The first kappa shape index (κ1) is 26.3. The summed E-state index contributed by atoms with van der Waals surface area (Å²) in [7, 11) is 3.00. The van der Waals surface area contributed by atoms with Crippen LogP contribution in [0.15, 0.2) is 72.3 Å². The van der Waals surface area contributed by atoms with Gasteiger partial charge < -0.3 is 24.2 Å². The molecule has 1 heterocycles. The number of hydrogen-bond donors (Lipinski definition) is 1. The van der Waals surface area contributed by atoms with Gasteiger partial charge in [0, 0.05) is 19.2 Å². The van der Waals surface area contributed by atoms with Crippen LogP contribution in [0.5, 0.6) is 11.5 Å². The maximum absolute atomic E-state index is 13.1. The molecule has 1 aliphatic rings. The molecule has 1 atom stereocenters. The topological polar surface area (TPSA) is 85.3 Å². The highest BCUT2D eigenvalue weighted by molar-refractivity contribution is 6.46. The number of amides is 1. The zero-order valence-electron chi connectivity index (χ0n) is 20.9. The van der Waals surface area contributed by atoms with Crippen LogP contribution in [-0.4, -0.2) is 49.1 Å². The first-order chi connectivity index (χ1) is 17.8. The molecule has 0 bridgehead atoms. The largest absolute Gasteiger partial charge is 0.507 e. The number of halogens is 1. The summed E-state index contributed by atoms with van der Waals surface area (Å²) < 4.78 is 16.3. The Kier molecular flexibility index (Phi) is 8.16. The van der Waals surface area contributed by atoms with Gasteiger partial charge in [-0.25, -0.2) is 0 Å². The molecule has 3 aromatic carbocycles. The van der Waals surface area contributed by atoms with E-state index in [0.717, 1.165) is 11.1 Å². The van der Waals surface area contributed by atoms with Crippen LogP contribution in [0, 0.1) is 6.92 Å². The Balaban J connectivity index is 1.69. The minimum absolute atomic E-state index is 0.0177. The number of aliphatic hydroxyl groups excluding tert-OH is 1. The fourth-order valence-corrected chi connectivity index (χ4v) is 4.55. The molecule has 0 saturated carbocycles. The number of carbonyl (C=O) groups is 2. The number of benzene rings is 3. The maximum Gasteiger partial charge on any atom is 0.295 e. The second-order valence-electron chi connectivity index (χ2n) is 8.62. The van der Waals surface area contributed by atoms with Crippen LogP contribution in [0.3, 0.4) is 0 Å². The SMILES string of the molecule is COCCN1C(=O)C(=O)/C(=C(\O)c2ccc(OC)c(Cl)c2)C1c1ccc(OCc2ccccc2C)cc1. The Hall–Kier alpha value is -3.81. The highest BCUT2D eigenvalue weighted by Gasteiger charge is 2.45. The molecule has 7 nitrogen and oxygen atoms in total. The summed E-state index contributed by atoms with van der Waals surface area (Å²) in [4.78, 5) is 27.5. The third-order valence-corrected chi connectivity index (χ3v) is 6.65. The first-order valence-corrected chi connectivity index (χ1v) is 12.1. The number of carbonyl (C=O) groups excluding carboxylic acids is 2. The number of methoxy groups -OCH3 is 2. The third kappa shape index (κ3) is 5.48. The van der Waals surface area contributed by atoms with E-state index in [-0.39, 0.29) is 29.5 Å². The van der Waals surface area contributed by atoms with Gasteiger partial charge in [-0.2, -0.15) is 0 Å². The van der Waals surface area contributed by atoms with Crippen LogP contribution in [0.1, 0.15) is 28.3 Å². The third-order valence-electron chi connectivity index (χ3n) is 6.35. The van der Waals surface area contributed by atoms with E-state index in [4.69, 9.17) is 25.8 Å². The van der Waals surface area contributed by atoms with Gasteiger partial charge in [0.15, 0.2) is 0 Å². The smallest absolute Gasteiger partial charge is 0.295 e. The zero-order chi connectivity index (χ0) is 26.5. The molecule has 192 valence electrons. The molecule has 3 aromatic rings. The van der Waals surface area contributed by atoms with Crippen molar-refractivity contribution >= 4 is 29.1 Å². The summed E-state index contributed by atoms with van der Waals surface area (Å²) in [6.45, 7) is 2.85. The van der Waals surface area contributed by atoms with E-state index in [9.17, 15) is 14.7 Å². The summed E-state index contributed by atoms with van der Waals surface area (Å²) >= 11 is 6.25. The Labute approximate surface area is 220 Å².